The van der Waals surface area contributed by atoms with Crippen molar-refractivity contribution in [3.8, 4) is 0 Å². The number of aliphatic imine (C=N–C) groups is 1. The molecule has 2 rings (SSSR count). The number of nitrogens with one attached hydrogen (secondary N) is 2. The first-order valence-electron chi connectivity index (χ1n) is 7.88. The first-order chi connectivity index (χ1) is 10.2. The molecule has 1 atom stereocenters. The first kappa shape index (κ1) is 16.3. The van der Waals surface area contributed by atoms with Gasteiger partial charge in [0.05, 0.1) is 0 Å². The molecular formula is C16H28N4S. The van der Waals surface area contributed by atoms with E-state index >= 15 is 0 Å². The number of guanidine groups is 1. The fraction of sp³-hybridized carbons (Fsp3) is 0.688. The molecule has 0 saturated carbocycles. The van der Waals surface area contributed by atoms with Gasteiger partial charge in [-0.15, -0.1) is 0 Å². The Morgan fingerprint density at radius 3 is 2.81 bits per heavy atom. The maximum Gasteiger partial charge on any atom is 0.191 e. The third kappa shape index (κ3) is 5.32. The van der Waals surface area contributed by atoms with Crippen LogP contribution >= 0.6 is 11.3 Å². The molecule has 1 saturated heterocycles. The van der Waals surface area contributed by atoms with Crippen LogP contribution in [0.1, 0.15) is 32.3 Å². The fourth-order valence-electron chi connectivity index (χ4n) is 2.64. The van der Waals surface area contributed by atoms with E-state index in [0.29, 0.717) is 6.04 Å². The SMILES string of the molecule is CN=C(NCc1ccsc1)NCC(C)N1CCC(C)CC1. The van der Waals surface area contributed by atoms with Crippen LogP contribution in [0.4, 0.5) is 0 Å². The van der Waals surface area contributed by atoms with Crippen molar-refractivity contribution < 1.29 is 0 Å². The van der Waals surface area contributed by atoms with Crippen LogP contribution in [-0.4, -0.2) is 43.6 Å². The minimum Gasteiger partial charge on any atom is -0.355 e. The molecule has 1 fully saturated rings. The Bertz CT molecular complexity index is 421. The molecular weight excluding hydrogens is 280 g/mol. The summed E-state index contributed by atoms with van der Waals surface area (Å²) in [5.41, 5.74) is 1.31. The van der Waals surface area contributed by atoms with Crippen molar-refractivity contribution in [2.75, 3.05) is 26.7 Å². The molecule has 0 aromatic carbocycles. The monoisotopic (exact) mass is 308 g/mol. The van der Waals surface area contributed by atoms with Crippen LogP contribution in [0, 0.1) is 5.92 Å². The zero-order chi connectivity index (χ0) is 15.1. The molecule has 21 heavy (non-hydrogen) atoms. The Morgan fingerprint density at radius 1 is 1.43 bits per heavy atom. The van der Waals surface area contributed by atoms with E-state index in [4.69, 9.17) is 0 Å². The molecule has 1 aliphatic rings. The minimum absolute atomic E-state index is 0.553. The highest BCUT2D eigenvalue weighted by Crippen LogP contribution is 2.17. The molecule has 0 spiro atoms. The Labute approximate surface area is 132 Å². The Morgan fingerprint density at radius 2 is 2.19 bits per heavy atom. The van der Waals surface area contributed by atoms with Gasteiger partial charge in [0.15, 0.2) is 5.96 Å². The van der Waals surface area contributed by atoms with Crippen molar-refractivity contribution in [3.63, 3.8) is 0 Å². The average Bonchev–Trinajstić information content (AvgIpc) is 3.01. The topological polar surface area (TPSA) is 39.7 Å². The van der Waals surface area contributed by atoms with Gasteiger partial charge in [0.2, 0.25) is 0 Å². The number of likely N-dealkylation sites (tertiary alicyclic amines) is 1. The molecule has 2 N–H and O–H groups in total. The number of hydrogen-bond acceptors (Lipinski definition) is 3. The lowest BCUT2D eigenvalue weighted by Gasteiger charge is -2.35. The summed E-state index contributed by atoms with van der Waals surface area (Å²) in [6.45, 7) is 8.89. The van der Waals surface area contributed by atoms with Gasteiger partial charge in [-0.3, -0.25) is 9.89 Å². The summed E-state index contributed by atoms with van der Waals surface area (Å²) < 4.78 is 0. The van der Waals surface area contributed by atoms with E-state index in [-0.39, 0.29) is 0 Å². The second kappa shape index (κ2) is 8.39. The molecule has 1 aromatic rings. The number of thiophene rings is 1. The number of rotatable bonds is 5. The Balaban J connectivity index is 1.70. The second-order valence-electron chi connectivity index (χ2n) is 6.01. The molecule has 1 aromatic heterocycles. The predicted octanol–water partition coefficient (Wildman–Crippen LogP) is 2.53. The molecule has 4 nitrogen and oxygen atoms in total. The summed E-state index contributed by atoms with van der Waals surface area (Å²) in [5, 5.41) is 11.1. The molecule has 0 aliphatic carbocycles. The zero-order valence-electron chi connectivity index (χ0n) is 13.4. The van der Waals surface area contributed by atoms with E-state index in [1.54, 1.807) is 11.3 Å². The molecule has 118 valence electrons. The molecule has 5 heteroatoms. The standard InChI is InChI=1S/C16H28N4S/c1-13-4-7-20(8-5-13)14(2)10-18-16(17-3)19-11-15-6-9-21-12-15/h6,9,12-14H,4-5,7-8,10-11H2,1-3H3,(H2,17,18,19). The van der Waals surface area contributed by atoms with Crippen LogP contribution in [0.2, 0.25) is 0 Å². The quantitative estimate of drug-likeness (QED) is 0.649. The lowest BCUT2D eigenvalue weighted by molar-refractivity contribution is 0.147. The summed E-state index contributed by atoms with van der Waals surface area (Å²) >= 11 is 1.73. The van der Waals surface area contributed by atoms with Crippen LogP contribution in [0.5, 0.6) is 0 Å². The minimum atomic E-state index is 0.553. The van der Waals surface area contributed by atoms with Crippen LogP contribution in [0.15, 0.2) is 21.8 Å². The lowest BCUT2D eigenvalue weighted by Crippen LogP contribution is -2.47. The van der Waals surface area contributed by atoms with Gasteiger partial charge in [0.25, 0.3) is 0 Å². The van der Waals surface area contributed by atoms with Gasteiger partial charge >= 0.3 is 0 Å². The largest absolute Gasteiger partial charge is 0.355 e. The maximum atomic E-state index is 4.30. The average molecular weight is 308 g/mol. The molecule has 1 unspecified atom stereocenters. The van der Waals surface area contributed by atoms with Crippen LogP contribution in [0.3, 0.4) is 0 Å². The normalized spacial score (nSPS) is 19.5. The van der Waals surface area contributed by atoms with Crippen LogP contribution in [0.25, 0.3) is 0 Å². The highest BCUT2D eigenvalue weighted by atomic mass is 32.1. The number of piperidine rings is 1. The summed E-state index contributed by atoms with van der Waals surface area (Å²) in [4.78, 5) is 6.88. The van der Waals surface area contributed by atoms with Crippen LogP contribution in [-0.2, 0) is 6.54 Å². The zero-order valence-corrected chi connectivity index (χ0v) is 14.2. The molecule has 0 bridgehead atoms. The number of hydrogen-bond donors (Lipinski definition) is 2. The maximum absolute atomic E-state index is 4.30. The van der Waals surface area contributed by atoms with Crippen molar-refractivity contribution >= 4 is 17.3 Å². The van der Waals surface area contributed by atoms with Gasteiger partial charge in [0, 0.05) is 26.2 Å². The Kier molecular flexibility index (Phi) is 6.51. The van der Waals surface area contributed by atoms with Crippen LogP contribution < -0.4 is 10.6 Å². The second-order valence-corrected chi connectivity index (χ2v) is 6.79. The molecule has 0 amide bonds. The molecule has 1 aliphatic heterocycles. The van der Waals surface area contributed by atoms with Gasteiger partial charge in [0.1, 0.15) is 0 Å². The lowest BCUT2D eigenvalue weighted by atomic mass is 9.98. The predicted molar refractivity (Wildman–Crippen MR) is 92.0 cm³/mol. The van der Waals surface area contributed by atoms with Gasteiger partial charge in [-0.2, -0.15) is 11.3 Å². The van der Waals surface area contributed by atoms with Gasteiger partial charge in [-0.05, 0) is 61.2 Å². The van der Waals surface area contributed by atoms with Crippen molar-refractivity contribution in [3.05, 3.63) is 22.4 Å². The van der Waals surface area contributed by atoms with Gasteiger partial charge < -0.3 is 10.6 Å². The highest BCUT2D eigenvalue weighted by Gasteiger charge is 2.20. The first-order valence-corrected chi connectivity index (χ1v) is 8.83. The highest BCUT2D eigenvalue weighted by molar-refractivity contribution is 7.07. The van der Waals surface area contributed by atoms with Crippen molar-refractivity contribution in [1.82, 2.24) is 15.5 Å². The van der Waals surface area contributed by atoms with Gasteiger partial charge in [-0.25, -0.2) is 0 Å². The van der Waals surface area contributed by atoms with E-state index in [1.165, 1.54) is 31.5 Å². The van der Waals surface area contributed by atoms with Gasteiger partial charge in [-0.1, -0.05) is 6.92 Å². The summed E-state index contributed by atoms with van der Waals surface area (Å²) in [6, 6.07) is 2.69. The van der Waals surface area contributed by atoms with E-state index < -0.39 is 0 Å². The third-order valence-corrected chi connectivity index (χ3v) is 5.00. The summed E-state index contributed by atoms with van der Waals surface area (Å²) in [6.07, 6.45) is 2.66. The smallest absolute Gasteiger partial charge is 0.191 e. The van der Waals surface area contributed by atoms with Crippen molar-refractivity contribution in [2.24, 2.45) is 10.9 Å². The summed E-state index contributed by atoms with van der Waals surface area (Å²) in [5.74, 6) is 1.78. The van der Waals surface area contributed by atoms with E-state index in [0.717, 1.165) is 25.0 Å². The molecule has 2 heterocycles. The summed E-state index contributed by atoms with van der Waals surface area (Å²) in [7, 11) is 1.83. The van der Waals surface area contributed by atoms with Crippen molar-refractivity contribution in [1.29, 1.82) is 0 Å². The fourth-order valence-corrected chi connectivity index (χ4v) is 3.31. The Hall–Kier alpha value is -1.07. The number of nitrogens with zero attached hydrogens (tertiary/aromatic N) is 2. The van der Waals surface area contributed by atoms with E-state index in [9.17, 15) is 0 Å². The van der Waals surface area contributed by atoms with E-state index in [2.05, 4.69) is 51.2 Å². The van der Waals surface area contributed by atoms with E-state index in [1.807, 2.05) is 7.05 Å². The molecule has 0 radical (unpaired) electrons. The van der Waals surface area contributed by atoms with Crippen molar-refractivity contribution in [2.45, 2.75) is 39.3 Å². The third-order valence-electron chi connectivity index (χ3n) is 4.27.